The monoisotopic (exact) mass is 297 g/mol. The molecular formula is C14H16ClNO4. The van der Waals surface area contributed by atoms with E-state index in [-0.39, 0.29) is 16.7 Å². The lowest BCUT2D eigenvalue weighted by Gasteiger charge is -2.27. The first-order valence-corrected chi connectivity index (χ1v) is 6.89. The standard InChI is InChI=1S/C14H16ClNO4/c15-11-7-8(5-6-12(11)17)16-13(18)9-3-1-2-4-10(9)14(19)20/h5-7,9-10,17H,1-4H2,(H,16,18)(H,19,20). The largest absolute Gasteiger partial charge is 0.506 e. The number of nitrogens with one attached hydrogen (secondary N) is 1. The second kappa shape index (κ2) is 6.13. The van der Waals surface area contributed by atoms with E-state index in [2.05, 4.69) is 5.32 Å². The lowest BCUT2D eigenvalue weighted by molar-refractivity contribution is -0.147. The Balaban J connectivity index is 2.09. The molecule has 0 saturated heterocycles. The number of anilines is 1. The average molecular weight is 298 g/mol. The highest BCUT2D eigenvalue weighted by Crippen LogP contribution is 2.32. The zero-order valence-corrected chi connectivity index (χ0v) is 11.6. The van der Waals surface area contributed by atoms with Crippen LogP contribution in [0.2, 0.25) is 5.02 Å². The number of carbonyl (C=O) groups excluding carboxylic acids is 1. The lowest BCUT2D eigenvalue weighted by Crippen LogP contribution is -2.36. The number of phenols is 1. The van der Waals surface area contributed by atoms with Crippen molar-refractivity contribution >= 4 is 29.2 Å². The van der Waals surface area contributed by atoms with Crippen LogP contribution in [-0.4, -0.2) is 22.1 Å². The number of amides is 1. The number of phenolic OH excluding ortho intramolecular Hbond substituents is 1. The summed E-state index contributed by atoms with van der Waals surface area (Å²) >= 11 is 5.77. The van der Waals surface area contributed by atoms with Crippen LogP contribution < -0.4 is 5.32 Å². The Morgan fingerprint density at radius 1 is 1.20 bits per heavy atom. The van der Waals surface area contributed by atoms with Crippen LogP contribution in [-0.2, 0) is 9.59 Å². The van der Waals surface area contributed by atoms with E-state index in [4.69, 9.17) is 16.7 Å². The quantitative estimate of drug-likeness (QED) is 0.749. The van der Waals surface area contributed by atoms with Gasteiger partial charge in [0.05, 0.1) is 16.9 Å². The minimum absolute atomic E-state index is 0.0641. The van der Waals surface area contributed by atoms with Crippen LogP contribution in [0.5, 0.6) is 5.75 Å². The van der Waals surface area contributed by atoms with E-state index in [1.165, 1.54) is 18.2 Å². The molecule has 1 saturated carbocycles. The number of aliphatic carboxylic acids is 1. The van der Waals surface area contributed by atoms with E-state index < -0.39 is 17.8 Å². The summed E-state index contributed by atoms with van der Waals surface area (Å²) in [5.74, 6) is -2.44. The van der Waals surface area contributed by atoms with Crippen LogP contribution >= 0.6 is 11.6 Å². The molecule has 2 atom stereocenters. The van der Waals surface area contributed by atoms with Gasteiger partial charge < -0.3 is 15.5 Å². The Labute approximate surface area is 121 Å². The molecule has 1 aliphatic rings. The van der Waals surface area contributed by atoms with Gasteiger partial charge in [0.25, 0.3) is 0 Å². The predicted molar refractivity (Wildman–Crippen MR) is 74.8 cm³/mol. The Bertz CT molecular complexity index is 532. The summed E-state index contributed by atoms with van der Waals surface area (Å²) in [6, 6.07) is 4.35. The first-order valence-electron chi connectivity index (χ1n) is 6.51. The topological polar surface area (TPSA) is 86.6 Å². The predicted octanol–water partition coefficient (Wildman–Crippen LogP) is 2.88. The first kappa shape index (κ1) is 14.7. The van der Waals surface area contributed by atoms with Gasteiger partial charge >= 0.3 is 5.97 Å². The summed E-state index contributed by atoms with van der Waals surface area (Å²) in [7, 11) is 0. The fourth-order valence-electron chi connectivity index (χ4n) is 2.56. The van der Waals surface area contributed by atoms with E-state index in [0.717, 1.165) is 12.8 Å². The van der Waals surface area contributed by atoms with Crippen LogP contribution in [0.1, 0.15) is 25.7 Å². The molecule has 2 rings (SSSR count). The normalized spacial score (nSPS) is 22.2. The summed E-state index contributed by atoms with van der Waals surface area (Å²) in [6.45, 7) is 0. The second-order valence-corrected chi connectivity index (χ2v) is 5.40. The van der Waals surface area contributed by atoms with Crippen LogP contribution in [0, 0.1) is 11.8 Å². The van der Waals surface area contributed by atoms with Crippen molar-refractivity contribution in [2.45, 2.75) is 25.7 Å². The fraction of sp³-hybridized carbons (Fsp3) is 0.429. The Morgan fingerprint density at radius 3 is 2.45 bits per heavy atom. The Hall–Kier alpha value is -1.75. The van der Waals surface area contributed by atoms with E-state index in [1.54, 1.807) is 0 Å². The number of halogens is 1. The van der Waals surface area contributed by atoms with Gasteiger partial charge in [0.2, 0.25) is 5.91 Å². The number of carboxylic acid groups (broad SMARTS) is 1. The molecule has 1 aromatic carbocycles. The molecule has 0 radical (unpaired) electrons. The molecule has 0 aliphatic heterocycles. The molecule has 2 unspecified atom stereocenters. The van der Waals surface area contributed by atoms with E-state index in [0.29, 0.717) is 18.5 Å². The molecule has 1 aliphatic carbocycles. The van der Waals surface area contributed by atoms with Crippen molar-refractivity contribution in [3.8, 4) is 5.75 Å². The average Bonchev–Trinajstić information content (AvgIpc) is 2.43. The minimum Gasteiger partial charge on any atom is -0.506 e. The number of carbonyl (C=O) groups is 2. The smallest absolute Gasteiger partial charge is 0.307 e. The maximum absolute atomic E-state index is 12.2. The highest BCUT2D eigenvalue weighted by atomic mass is 35.5. The van der Waals surface area contributed by atoms with Crippen molar-refractivity contribution in [1.82, 2.24) is 0 Å². The molecule has 5 nitrogen and oxygen atoms in total. The lowest BCUT2D eigenvalue weighted by atomic mass is 9.78. The van der Waals surface area contributed by atoms with Crippen molar-refractivity contribution in [2.24, 2.45) is 11.8 Å². The van der Waals surface area contributed by atoms with Crippen LogP contribution in [0.25, 0.3) is 0 Å². The van der Waals surface area contributed by atoms with Crippen LogP contribution in [0.4, 0.5) is 5.69 Å². The number of hydrogen-bond acceptors (Lipinski definition) is 3. The van der Waals surface area contributed by atoms with E-state index in [9.17, 15) is 14.7 Å². The molecule has 1 amide bonds. The first-order chi connectivity index (χ1) is 9.49. The number of hydrogen-bond donors (Lipinski definition) is 3. The molecule has 1 fully saturated rings. The fourth-order valence-corrected chi connectivity index (χ4v) is 2.74. The van der Waals surface area contributed by atoms with Crippen molar-refractivity contribution in [3.05, 3.63) is 23.2 Å². The molecule has 0 spiro atoms. The zero-order chi connectivity index (χ0) is 14.7. The zero-order valence-electron chi connectivity index (χ0n) is 10.8. The molecule has 3 N–H and O–H groups in total. The molecule has 20 heavy (non-hydrogen) atoms. The van der Waals surface area contributed by atoms with Crippen molar-refractivity contribution in [2.75, 3.05) is 5.32 Å². The Kier molecular flexibility index (Phi) is 4.49. The molecule has 6 heteroatoms. The van der Waals surface area contributed by atoms with Gasteiger partial charge in [-0.3, -0.25) is 9.59 Å². The maximum atomic E-state index is 12.2. The third-order valence-corrected chi connectivity index (χ3v) is 3.94. The summed E-state index contributed by atoms with van der Waals surface area (Å²) < 4.78 is 0. The summed E-state index contributed by atoms with van der Waals surface area (Å²) in [5, 5.41) is 21.3. The molecule has 1 aromatic rings. The van der Waals surface area contributed by atoms with Gasteiger partial charge in [-0.2, -0.15) is 0 Å². The van der Waals surface area contributed by atoms with Crippen molar-refractivity contribution in [3.63, 3.8) is 0 Å². The van der Waals surface area contributed by atoms with Gasteiger partial charge in [-0.1, -0.05) is 24.4 Å². The van der Waals surface area contributed by atoms with Crippen molar-refractivity contribution in [1.29, 1.82) is 0 Å². The van der Waals surface area contributed by atoms with Crippen LogP contribution in [0.15, 0.2) is 18.2 Å². The number of benzene rings is 1. The highest BCUT2D eigenvalue weighted by Gasteiger charge is 2.35. The number of carboxylic acids is 1. The van der Waals surface area contributed by atoms with E-state index >= 15 is 0 Å². The number of aromatic hydroxyl groups is 1. The molecule has 0 heterocycles. The molecule has 0 bridgehead atoms. The van der Waals surface area contributed by atoms with Crippen molar-refractivity contribution < 1.29 is 19.8 Å². The maximum Gasteiger partial charge on any atom is 0.307 e. The highest BCUT2D eigenvalue weighted by molar-refractivity contribution is 6.32. The van der Waals surface area contributed by atoms with Gasteiger partial charge in [0, 0.05) is 5.69 Å². The SMILES string of the molecule is O=C(O)C1CCCCC1C(=O)Nc1ccc(O)c(Cl)c1. The molecular weight excluding hydrogens is 282 g/mol. The summed E-state index contributed by atoms with van der Waals surface area (Å²) in [6.07, 6.45) is 2.81. The number of rotatable bonds is 3. The van der Waals surface area contributed by atoms with Gasteiger partial charge in [0.15, 0.2) is 0 Å². The third-order valence-electron chi connectivity index (χ3n) is 3.64. The third kappa shape index (κ3) is 3.22. The molecule has 108 valence electrons. The minimum atomic E-state index is -0.923. The van der Waals surface area contributed by atoms with Crippen LogP contribution in [0.3, 0.4) is 0 Å². The second-order valence-electron chi connectivity index (χ2n) is 4.99. The van der Waals surface area contributed by atoms with Gasteiger partial charge in [-0.05, 0) is 31.0 Å². The summed E-state index contributed by atoms with van der Waals surface area (Å²) in [5.41, 5.74) is 0.451. The van der Waals surface area contributed by atoms with Gasteiger partial charge in [0.1, 0.15) is 5.75 Å². The van der Waals surface area contributed by atoms with Gasteiger partial charge in [-0.15, -0.1) is 0 Å². The summed E-state index contributed by atoms with van der Waals surface area (Å²) in [4.78, 5) is 23.4. The Morgan fingerprint density at radius 2 is 1.85 bits per heavy atom. The van der Waals surface area contributed by atoms with Gasteiger partial charge in [-0.25, -0.2) is 0 Å². The van der Waals surface area contributed by atoms with E-state index in [1.807, 2.05) is 0 Å². The molecule has 0 aromatic heterocycles.